The number of nitro benzene ring substituents is 2. The quantitative estimate of drug-likeness (QED) is 0.654. The van der Waals surface area contributed by atoms with Crippen molar-refractivity contribution in [1.29, 1.82) is 0 Å². The van der Waals surface area contributed by atoms with Crippen molar-refractivity contribution in [3.8, 4) is 0 Å². The number of nitrogens with zero attached hydrogens (tertiary/aromatic N) is 3. The molecule has 1 aliphatic rings. The second kappa shape index (κ2) is 7.27. The summed E-state index contributed by atoms with van der Waals surface area (Å²) in [6.45, 7) is 3.98. The number of hydrogen-bond acceptors (Lipinski definition) is 5. The molecule has 1 saturated heterocycles. The Labute approximate surface area is 144 Å². The number of hydrogen-bond donors (Lipinski definition) is 1. The monoisotopic (exact) mass is 343 g/mol. The molecule has 25 heavy (non-hydrogen) atoms. The Morgan fingerprint density at radius 3 is 2.16 bits per heavy atom. The van der Waals surface area contributed by atoms with Crippen molar-refractivity contribution in [3.05, 3.63) is 74.3 Å². The Kier molecular flexibility index (Phi) is 4.90. The van der Waals surface area contributed by atoms with E-state index in [-0.39, 0.29) is 16.3 Å². The molecule has 8 nitrogen and oxygen atoms in total. The van der Waals surface area contributed by atoms with Crippen LogP contribution in [0.3, 0.4) is 0 Å². The van der Waals surface area contributed by atoms with E-state index in [0.717, 1.165) is 37.4 Å². The second-order valence-electron chi connectivity index (χ2n) is 6.07. The van der Waals surface area contributed by atoms with Crippen molar-refractivity contribution < 1.29 is 14.7 Å². The van der Waals surface area contributed by atoms with Crippen molar-refractivity contribution in [2.45, 2.75) is 6.54 Å². The molecule has 0 atom stereocenters. The van der Waals surface area contributed by atoms with Gasteiger partial charge < -0.3 is 9.80 Å². The Balaban J connectivity index is 1.60. The fraction of sp³-hybridized carbons (Fsp3) is 0.294. The molecule has 0 aromatic heterocycles. The largest absolute Gasteiger partial charge is 0.360 e. The number of quaternary nitrogens is 1. The van der Waals surface area contributed by atoms with E-state index in [4.69, 9.17) is 0 Å². The lowest BCUT2D eigenvalue weighted by molar-refractivity contribution is -0.914. The molecule has 2 aromatic rings. The predicted octanol–water partition coefficient (Wildman–Crippen LogP) is 1.41. The van der Waals surface area contributed by atoms with Gasteiger partial charge in [0.2, 0.25) is 0 Å². The highest BCUT2D eigenvalue weighted by Gasteiger charge is 2.23. The Hall–Kier alpha value is -3.00. The third-order valence-electron chi connectivity index (χ3n) is 4.52. The standard InChI is InChI=1S/C17H18N4O4/c22-20(23)16-7-5-15(6-8-16)19-11-9-18(10-12-19)13-14-3-1-2-4-17(14)21(24)25/h1-8H,9-13H2/p+1. The van der Waals surface area contributed by atoms with Crippen LogP contribution in [0.1, 0.15) is 5.56 Å². The molecule has 1 N–H and O–H groups in total. The van der Waals surface area contributed by atoms with Crippen LogP contribution in [0.4, 0.5) is 17.1 Å². The van der Waals surface area contributed by atoms with E-state index >= 15 is 0 Å². The lowest BCUT2D eigenvalue weighted by Gasteiger charge is -2.33. The highest BCUT2D eigenvalue weighted by molar-refractivity contribution is 5.51. The fourth-order valence-corrected chi connectivity index (χ4v) is 3.15. The summed E-state index contributed by atoms with van der Waals surface area (Å²) in [6, 6.07) is 13.4. The molecular weight excluding hydrogens is 324 g/mol. The van der Waals surface area contributed by atoms with Crippen molar-refractivity contribution in [3.63, 3.8) is 0 Å². The van der Waals surface area contributed by atoms with Crippen LogP contribution in [-0.4, -0.2) is 36.0 Å². The van der Waals surface area contributed by atoms with Gasteiger partial charge >= 0.3 is 0 Å². The molecule has 1 aliphatic heterocycles. The van der Waals surface area contributed by atoms with E-state index in [0.29, 0.717) is 6.54 Å². The van der Waals surface area contributed by atoms with Gasteiger partial charge in [0.1, 0.15) is 6.54 Å². The molecule has 3 rings (SSSR count). The summed E-state index contributed by atoms with van der Waals surface area (Å²) in [6.07, 6.45) is 0. The molecule has 0 spiro atoms. The first-order valence-electron chi connectivity index (χ1n) is 8.10. The van der Waals surface area contributed by atoms with Gasteiger partial charge in [-0.15, -0.1) is 0 Å². The molecule has 0 saturated carbocycles. The summed E-state index contributed by atoms with van der Waals surface area (Å²) in [5.41, 5.74) is 1.99. The minimum absolute atomic E-state index is 0.0874. The number of nitrogens with one attached hydrogen (secondary N) is 1. The third-order valence-corrected chi connectivity index (χ3v) is 4.52. The summed E-state index contributed by atoms with van der Waals surface area (Å²) < 4.78 is 0. The van der Waals surface area contributed by atoms with Crippen LogP contribution < -0.4 is 9.80 Å². The first-order valence-corrected chi connectivity index (χ1v) is 8.10. The summed E-state index contributed by atoms with van der Waals surface area (Å²) in [5, 5.41) is 21.8. The molecule has 0 amide bonds. The lowest BCUT2D eigenvalue weighted by Crippen LogP contribution is -3.13. The Morgan fingerprint density at radius 1 is 0.920 bits per heavy atom. The van der Waals surface area contributed by atoms with Gasteiger partial charge in [0, 0.05) is 23.9 Å². The average molecular weight is 343 g/mol. The molecule has 0 unspecified atom stereocenters. The first kappa shape index (κ1) is 16.8. The maximum atomic E-state index is 11.1. The summed E-state index contributed by atoms with van der Waals surface area (Å²) in [7, 11) is 0. The maximum Gasteiger partial charge on any atom is 0.278 e. The van der Waals surface area contributed by atoms with Gasteiger partial charge in [0.05, 0.1) is 41.6 Å². The van der Waals surface area contributed by atoms with Crippen LogP contribution in [0.15, 0.2) is 48.5 Å². The summed E-state index contributed by atoms with van der Waals surface area (Å²) in [4.78, 5) is 24.6. The van der Waals surface area contributed by atoms with Gasteiger partial charge in [-0.3, -0.25) is 20.2 Å². The molecule has 1 fully saturated rings. The van der Waals surface area contributed by atoms with Crippen LogP contribution in [0, 0.1) is 20.2 Å². The van der Waals surface area contributed by atoms with E-state index in [9.17, 15) is 20.2 Å². The zero-order chi connectivity index (χ0) is 17.8. The van der Waals surface area contributed by atoms with E-state index in [1.807, 2.05) is 12.1 Å². The lowest BCUT2D eigenvalue weighted by atomic mass is 10.1. The predicted molar refractivity (Wildman–Crippen MR) is 92.8 cm³/mol. The number of anilines is 1. The van der Waals surface area contributed by atoms with Crippen molar-refractivity contribution in [1.82, 2.24) is 0 Å². The van der Waals surface area contributed by atoms with Crippen molar-refractivity contribution >= 4 is 17.1 Å². The minimum Gasteiger partial charge on any atom is -0.360 e. The normalized spacial score (nSPS) is 15.1. The molecule has 2 aromatic carbocycles. The van der Waals surface area contributed by atoms with Gasteiger partial charge in [0.25, 0.3) is 11.4 Å². The van der Waals surface area contributed by atoms with Crippen LogP contribution in [-0.2, 0) is 6.54 Å². The van der Waals surface area contributed by atoms with Crippen LogP contribution >= 0.6 is 0 Å². The maximum absolute atomic E-state index is 11.1. The van der Waals surface area contributed by atoms with Gasteiger partial charge in [-0.05, 0) is 18.2 Å². The average Bonchev–Trinajstić information content (AvgIpc) is 2.63. The zero-order valence-corrected chi connectivity index (χ0v) is 13.6. The zero-order valence-electron chi connectivity index (χ0n) is 13.6. The van der Waals surface area contributed by atoms with E-state index < -0.39 is 4.92 Å². The molecule has 8 heteroatoms. The van der Waals surface area contributed by atoms with E-state index in [1.165, 1.54) is 17.0 Å². The molecule has 1 heterocycles. The van der Waals surface area contributed by atoms with Crippen LogP contribution in [0.25, 0.3) is 0 Å². The van der Waals surface area contributed by atoms with E-state index in [2.05, 4.69) is 4.90 Å². The third kappa shape index (κ3) is 3.92. The SMILES string of the molecule is O=[N+]([O-])c1ccc(N2CC[NH+](Cc3ccccc3[N+](=O)[O-])CC2)cc1. The second-order valence-corrected chi connectivity index (χ2v) is 6.07. The smallest absolute Gasteiger partial charge is 0.278 e. The van der Waals surface area contributed by atoms with E-state index in [1.54, 1.807) is 24.3 Å². The van der Waals surface area contributed by atoms with Gasteiger partial charge in [-0.25, -0.2) is 0 Å². The van der Waals surface area contributed by atoms with Gasteiger partial charge in [-0.2, -0.15) is 0 Å². The number of non-ortho nitro benzene ring substituents is 1. The summed E-state index contributed by atoms with van der Waals surface area (Å²) in [5.74, 6) is 0. The number of piperazine rings is 1. The fourth-order valence-electron chi connectivity index (χ4n) is 3.15. The number of benzene rings is 2. The van der Waals surface area contributed by atoms with Crippen molar-refractivity contribution in [2.75, 3.05) is 31.1 Å². The number of para-hydroxylation sites is 1. The topological polar surface area (TPSA) is 94.0 Å². The Morgan fingerprint density at radius 2 is 1.56 bits per heavy atom. The first-order chi connectivity index (χ1) is 12.0. The van der Waals surface area contributed by atoms with Gasteiger partial charge in [0.15, 0.2) is 0 Å². The minimum atomic E-state index is -0.404. The number of nitro groups is 2. The van der Waals surface area contributed by atoms with Crippen LogP contribution in [0.2, 0.25) is 0 Å². The molecule has 130 valence electrons. The molecule has 0 radical (unpaired) electrons. The highest BCUT2D eigenvalue weighted by Crippen LogP contribution is 2.20. The highest BCUT2D eigenvalue weighted by atomic mass is 16.6. The van der Waals surface area contributed by atoms with Crippen molar-refractivity contribution in [2.24, 2.45) is 0 Å². The summed E-state index contributed by atoms with van der Waals surface area (Å²) >= 11 is 0. The number of rotatable bonds is 5. The molecular formula is C17H19N4O4+. The van der Waals surface area contributed by atoms with Crippen LogP contribution in [0.5, 0.6) is 0 Å². The van der Waals surface area contributed by atoms with Gasteiger partial charge in [-0.1, -0.05) is 12.1 Å². The Bertz CT molecular complexity index is 770. The molecule has 0 bridgehead atoms. The molecule has 0 aliphatic carbocycles.